The highest BCUT2D eigenvalue weighted by Crippen LogP contribution is 2.30. The lowest BCUT2D eigenvalue weighted by Crippen LogP contribution is -2.50. The molecule has 0 saturated heterocycles. The molecule has 1 saturated carbocycles. The van der Waals surface area contributed by atoms with E-state index in [-0.39, 0.29) is 12.1 Å². The molecule has 0 amide bonds. The van der Waals surface area contributed by atoms with E-state index < -0.39 is 0 Å². The van der Waals surface area contributed by atoms with Crippen LogP contribution in [-0.4, -0.2) is 18.8 Å². The van der Waals surface area contributed by atoms with E-state index in [1.54, 1.807) is 0 Å². The lowest BCUT2D eigenvalue weighted by molar-refractivity contribution is -0.0175. The summed E-state index contributed by atoms with van der Waals surface area (Å²) in [4.78, 5) is 0. The van der Waals surface area contributed by atoms with Crippen LogP contribution in [0.25, 0.3) is 0 Å². The molecule has 1 aliphatic carbocycles. The summed E-state index contributed by atoms with van der Waals surface area (Å²) >= 11 is 6.08. The molecule has 21 heavy (non-hydrogen) atoms. The van der Waals surface area contributed by atoms with Crippen molar-refractivity contribution in [3.05, 3.63) is 34.9 Å². The van der Waals surface area contributed by atoms with Gasteiger partial charge in [0.2, 0.25) is 0 Å². The Morgan fingerprint density at radius 3 is 2.71 bits per heavy atom. The molecule has 2 rings (SSSR count). The van der Waals surface area contributed by atoms with Crippen LogP contribution in [0.3, 0.4) is 0 Å². The number of benzene rings is 1. The molecule has 118 valence electrons. The zero-order chi connectivity index (χ0) is 15.1. The van der Waals surface area contributed by atoms with Crippen LogP contribution in [0.15, 0.2) is 24.3 Å². The molecule has 0 spiro atoms. The Morgan fingerprint density at radius 2 is 2.10 bits per heavy atom. The fourth-order valence-electron chi connectivity index (χ4n) is 3.42. The highest BCUT2D eigenvalue weighted by Gasteiger charge is 2.30. The molecular formula is C17H27ClN2O. The third-order valence-electron chi connectivity index (χ3n) is 4.43. The van der Waals surface area contributed by atoms with Crippen molar-refractivity contribution in [3.8, 4) is 0 Å². The van der Waals surface area contributed by atoms with Gasteiger partial charge in [0.1, 0.15) is 0 Å². The molecule has 1 aromatic carbocycles. The molecule has 0 heterocycles. The van der Waals surface area contributed by atoms with E-state index in [9.17, 15) is 0 Å². The van der Waals surface area contributed by atoms with Crippen LogP contribution in [0, 0.1) is 5.92 Å². The summed E-state index contributed by atoms with van der Waals surface area (Å²) in [6.07, 6.45) is 7.49. The monoisotopic (exact) mass is 310 g/mol. The third kappa shape index (κ3) is 4.96. The number of ether oxygens (including phenoxy) is 1. The highest BCUT2D eigenvalue weighted by molar-refractivity contribution is 6.30. The average Bonchev–Trinajstić information content (AvgIpc) is 2.51. The maximum Gasteiger partial charge on any atom is 0.0772 e. The van der Waals surface area contributed by atoms with Gasteiger partial charge < -0.3 is 4.74 Å². The minimum absolute atomic E-state index is 0.131. The Kier molecular flexibility index (Phi) is 6.97. The van der Waals surface area contributed by atoms with Crippen molar-refractivity contribution in [2.24, 2.45) is 11.8 Å². The molecule has 0 aromatic heterocycles. The van der Waals surface area contributed by atoms with E-state index in [4.69, 9.17) is 22.2 Å². The first-order valence-corrected chi connectivity index (χ1v) is 8.44. The van der Waals surface area contributed by atoms with Crippen molar-refractivity contribution in [3.63, 3.8) is 0 Å². The molecule has 1 fully saturated rings. The summed E-state index contributed by atoms with van der Waals surface area (Å²) < 4.78 is 6.06. The van der Waals surface area contributed by atoms with Gasteiger partial charge >= 0.3 is 0 Å². The Labute approximate surface area is 133 Å². The first-order valence-electron chi connectivity index (χ1n) is 8.06. The van der Waals surface area contributed by atoms with Gasteiger partial charge in [-0.3, -0.25) is 11.3 Å². The van der Waals surface area contributed by atoms with Gasteiger partial charge in [0, 0.05) is 11.6 Å². The van der Waals surface area contributed by atoms with Gasteiger partial charge in [-0.15, -0.1) is 0 Å². The molecule has 0 aliphatic heterocycles. The second-order valence-electron chi connectivity index (χ2n) is 5.93. The second kappa shape index (κ2) is 8.74. The van der Waals surface area contributed by atoms with E-state index in [1.807, 2.05) is 18.2 Å². The molecule has 1 aliphatic rings. The number of nitrogens with one attached hydrogen (secondary N) is 1. The zero-order valence-corrected chi connectivity index (χ0v) is 13.6. The quantitative estimate of drug-likeness (QED) is 0.596. The largest absolute Gasteiger partial charge is 0.377 e. The summed E-state index contributed by atoms with van der Waals surface area (Å²) in [7, 11) is 0. The van der Waals surface area contributed by atoms with Gasteiger partial charge in [-0.1, -0.05) is 43.0 Å². The van der Waals surface area contributed by atoms with Gasteiger partial charge in [0.05, 0.1) is 12.1 Å². The molecule has 1 aromatic rings. The van der Waals surface area contributed by atoms with Crippen molar-refractivity contribution in [1.29, 1.82) is 0 Å². The molecule has 2 unspecified atom stereocenters. The number of hydrogen-bond acceptors (Lipinski definition) is 3. The normalized spacial score (nSPS) is 19.4. The van der Waals surface area contributed by atoms with E-state index in [2.05, 4.69) is 18.4 Å². The first kappa shape index (κ1) is 16.8. The number of hydrogen-bond donors (Lipinski definition) is 2. The van der Waals surface area contributed by atoms with Crippen LogP contribution in [0.5, 0.6) is 0 Å². The van der Waals surface area contributed by atoms with Gasteiger partial charge in [-0.2, -0.15) is 0 Å². The molecular weight excluding hydrogens is 284 g/mol. The Hall–Kier alpha value is -0.610. The molecule has 3 nitrogen and oxygen atoms in total. The van der Waals surface area contributed by atoms with Crippen molar-refractivity contribution in [2.45, 2.75) is 57.6 Å². The minimum atomic E-state index is 0.131. The van der Waals surface area contributed by atoms with Crippen molar-refractivity contribution in [2.75, 3.05) is 6.61 Å². The number of halogens is 1. The summed E-state index contributed by atoms with van der Waals surface area (Å²) in [5.41, 5.74) is 4.18. The Bertz CT molecular complexity index is 421. The zero-order valence-electron chi connectivity index (χ0n) is 12.9. The number of nitrogens with two attached hydrogens (primary N) is 1. The molecule has 0 bridgehead atoms. The fourth-order valence-corrected chi connectivity index (χ4v) is 3.64. The summed E-state index contributed by atoms with van der Waals surface area (Å²) in [5, 5.41) is 0.772. The van der Waals surface area contributed by atoms with E-state index in [1.165, 1.54) is 37.7 Å². The SMILES string of the molecule is CCOC(C1CCCCC1)C(Cc1cccc(Cl)c1)NN. The lowest BCUT2D eigenvalue weighted by Gasteiger charge is -2.35. The Morgan fingerprint density at radius 1 is 1.33 bits per heavy atom. The third-order valence-corrected chi connectivity index (χ3v) is 4.66. The summed E-state index contributed by atoms with van der Waals surface area (Å²) in [6.45, 7) is 2.79. The predicted octanol–water partition coefficient (Wildman–Crippen LogP) is 3.70. The summed E-state index contributed by atoms with van der Waals surface area (Å²) in [5.74, 6) is 6.44. The maximum atomic E-state index is 6.08. The predicted molar refractivity (Wildman–Crippen MR) is 88.3 cm³/mol. The minimum Gasteiger partial charge on any atom is -0.377 e. The first-order chi connectivity index (χ1) is 10.2. The molecule has 3 N–H and O–H groups in total. The van der Waals surface area contributed by atoms with Gasteiger partial charge in [0.15, 0.2) is 0 Å². The fraction of sp³-hybridized carbons (Fsp3) is 0.647. The molecule has 0 radical (unpaired) electrons. The van der Waals surface area contributed by atoms with Crippen LogP contribution in [0.4, 0.5) is 0 Å². The van der Waals surface area contributed by atoms with Crippen LogP contribution in [0.1, 0.15) is 44.6 Å². The highest BCUT2D eigenvalue weighted by atomic mass is 35.5. The van der Waals surface area contributed by atoms with Crippen LogP contribution in [-0.2, 0) is 11.2 Å². The van der Waals surface area contributed by atoms with Crippen molar-refractivity contribution < 1.29 is 4.74 Å². The second-order valence-corrected chi connectivity index (χ2v) is 6.36. The topological polar surface area (TPSA) is 47.3 Å². The maximum absolute atomic E-state index is 6.08. The lowest BCUT2D eigenvalue weighted by atomic mass is 9.81. The number of hydrazine groups is 1. The van der Waals surface area contributed by atoms with Gasteiger partial charge in [-0.25, -0.2) is 0 Å². The average molecular weight is 311 g/mol. The van der Waals surface area contributed by atoms with Crippen LogP contribution in [0.2, 0.25) is 5.02 Å². The smallest absolute Gasteiger partial charge is 0.0772 e. The number of rotatable bonds is 7. The Balaban J connectivity index is 2.07. The van der Waals surface area contributed by atoms with Crippen molar-refractivity contribution >= 4 is 11.6 Å². The van der Waals surface area contributed by atoms with E-state index >= 15 is 0 Å². The molecule has 4 heteroatoms. The van der Waals surface area contributed by atoms with Crippen molar-refractivity contribution in [1.82, 2.24) is 5.43 Å². The van der Waals surface area contributed by atoms with Gasteiger partial charge in [0.25, 0.3) is 0 Å². The summed E-state index contributed by atoms with van der Waals surface area (Å²) in [6, 6.07) is 8.13. The van der Waals surface area contributed by atoms with E-state index in [0.29, 0.717) is 5.92 Å². The van der Waals surface area contributed by atoms with Crippen LogP contribution < -0.4 is 11.3 Å². The van der Waals surface area contributed by atoms with E-state index in [0.717, 1.165) is 18.1 Å². The molecule has 2 atom stereocenters. The standard InChI is InChI=1S/C17H27ClN2O/c1-2-21-17(14-8-4-3-5-9-14)16(20-19)12-13-7-6-10-15(18)11-13/h6-7,10-11,14,16-17,20H,2-5,8-9,12,19H2,1H3. The van der Waals surface area contributed by atoms with Crippen LogP contribution >= 0.6 is 11.6 Å². The van der Waals surface area contributed by atoms with Gasteiger partial charge in [-0.05, 0) is 49.8 Å².